The van der Waals surface area contributed by atoms with Gasteiger partial charge in [0.2, 0.25) is 0 Å². The SMILES string of the molecule is CCCCSc1c(F)cccc1CNC. The van der Waals surface area contributed by atoms with Gasteiger partial charge in [-0.2, -0.15) is 0 Å². The number of rotatable bonds is 6. The van der Waals surface area contributed by atoms with Gasteiger partial charge in [0, 0.05) is 11.4 Å². The lowest BCUT2D eigenvalue weighted by molar-refractivity contribution is 0.594. The van der Waals surface area contributed by atoms with Crippen LogP contribution in [0.5, 0.6) is 0 Å². The predicted molar refractivity (Wildman–Crippen MR) is 64.8 cm³/mol. The maximum atomic E-state index is 13.6. The Balaban J connectivity index is 2.72. The lowest BCUT2D eigenvalue weighted by Gasteiger charge is -2.09. The van der Waals surface area contributed by atoms with Crippen molar-refractivity contribution in [2.75, 3.05) is 12.8 Å². The van der Waals surface area contributed by atoms with Crippen molar-refractivity contribution in [2.45, 2.75) is 31.2 Å². The van der Waals surface area contributed by atoms with Crippen LogP contribution in [0.15, 0.2) is 23.1 Å². The largest absolute Gasteiger partial charge is 0.316 e. The van der Waals surface area contributed by atoms with E-state index in [1.54, 1.807) is 17.8 Å². The summed E-state index contributed by atoms with van der Waals surface area (Å²) >= 11 is 1.62. The molecule has 0 saturated carbocycles. The molecule has 0 fully saturated rings. The molecule has 0 heterocycles. The zero-order valence-electron chi connectivity index (χ0n) is 9.35. The zero-order valence-corrected chi connectivity index (χ0v) is 10.2. The first-order valence-corrected chi connectivity index (χ1v) is 6.33. The van der Waals surface area contributed by atoms with E-state index in [0.717, 1.165) is 35.6 Å². The molecule has 0 amide bonds. The van der Waals surface area contributed by atoms with Crippen LogP contribution in [0.4, 0.5) is 4.39 Å². The van der Waals surface area contributed by atoms with Crippen molar-refractivity contribution in [3.05, 3.63) is 29.6 Å². The second-order valence-electron chi connectivity index (χ2n) is 3.46. The molecule has 1 aromatic rings. The number of hydrogen-bond acceptors (Lipinski definition) is 2. The average molecular weight is 227 g/mol. The van der Waals surface area contributed by atoms with E-state index in [1.807, 2.05) is 13.1 Å². The summed E-state index contributed by atoms with van der Waals surface area (Å²) in [7, 11) is 1.88. The van der Waals surface area contributed by atoms with Crippen LogP contribution in [-0.4, -0.2) is 12.8 Å². The highest BCUT2D eigenvalue weighted by atomic mass is 32.2. The first kappa shape index (κ1) is 12.5. The first-order chi connectivity index (χ1) is 7.29. The van der Waals surface area contributed by atoms with Crippen molar-refractivity contribution in [1.82, 2.24) is 5.32 Å². The molecule has 1 aromatic carbocycles. The maximum Gasteiger partial charge on any atom is 0.137 e. The highest BCUT2D eigenvalue weighted by molar-refractivity contribution is 7.99. The molecule has 1 nitrogen and oxygen atoms in total. The quantitative estimate of drug-likeness (QED) is 0.590. The van der Waals surface area contributed by atoms with Crippen molar-refractivity contribution in [3.63, 3.8) is 0 Å². The van der Waals surface area contributed by atoms with E-state index in [-0.39, 0.29) is 5.82 Å². The van der Waals surface area contributed by atoms with Crippen molar-refractivity contribution < 1.29 is 4.39 Å². The third-order valence-corrected chi connectivity index (χ3v) is 3.40. The molecule has 1 rings (SSSR count). The molecule has 0 aromatic heterocycles. The van der Waals surface area contributed by atoms with E-state index in [0.29, 0.717) is 0 Å². The summed E-state index contributed by atoms with van der Waals surface area (Å²) in [5.74, 6) is 0.901. The van der Waals surface area contributed by atoms with Gasteiger partial charge in [-0.3, -0.25) is 0 Å². The molecule has 0 aliphatic rings. The molecule has 0 bridgehead atoms. The lowest BCUT2D eigenvalue weighted by atomic mass is 10.2. The van der Waals surface area contributed by atoms with Crippen molar-refractivity contribution in [3.8, 4) is 0 Å². The molecule has 0 unspecified atom stereocenters. The smallest absolute Gasteiger partial charge is 0.137 e. The summed E-state index contributed by atoms with van der Waals surface area (Å²) < 4.78 is 13.6. The van der Waals surface area contributed by atoms with Crippen molar-refractivity contribution in [1.29, 1.82) is 0 Å². The Morgan fingerprint density at radius 1 is 1.40 bits per heavy atom. The molecular formula is C12H18FNS. The standard InChI is InChI=1S/C12H18FNS/c1-3-4-8-15-12-10(9-14-2)6-5-7-11(12)13/h5-7,14H,3-4,8-9H2,1-2H3. The van der Waals surface area contributed by atoms with E-state index >= 15 is 0 Å². The van der Waals surface area contributed by atoms with Gasteiger partial charge >= 0.3 is 0 Å². The minimum Gasteiger partial charge on any atom is -0.316 e. The summed E-state index contributed by atoms with van der Waals surface area (Å²) in [5, 5.41) is 3.06. The molecule has 84 valence electrons. The Labute approximate surface area is 95.5 Å². The van der Waals surface area contributed by atoms with Crippen LogP contribution < -0.4 is 5.32 Å². The van der Waals surface area contributed by atoms with E-state index in [4.69, 9.17) is 0 Å². The van der Waals surface area contributed by atoms with Crippen molar-refractivity contribution >= 4 is 11.8 Å². The van der Waals surface area contributed by atoms with Crippen LogP contribution in [0.1, 0.15) is 25.3 Å². The van der Waals surface area contributed by atoms with Gasteiger partial charge in [0.05, 0.1) is 0 Å². The van der Waals surface area contributed by atoms with Gasteiger partial charge in [0.15, 0.2) is 0 Å². The van der Waals surface area contributed by atoms with Gasteiger partial charge in [-0.1, -0.05) is 25.5 Å². The van der Waals surface area contributed by atoms with Crippen LogP contribution in [0, 0.1) is 5.82 Å². The van der Waals surface area contributed by atoms with E-state index < -0.39 is 0 Å². The second kappa shape index (κ2) is 6.85. The predicted octanol–water partition coefficient (Wildman–Crippen LogP) is 3.44. The van der Waals surface area contributed by atoms with Gasteiger partial charge in [0.25, 0.3) is 0 Å². The van der Waals surface area contributed by atoms with E-state index in [1.165, 1.54) is 6.07 Å². The van der Waals surface area contributed by atoms with Crippen LogP contribution >= 0.6 is 11.8 Å². The highest BCUT2D eigenvalue weighted by Gasteiger charge is 2.07. The van der Waals surface area contributed by atoms with Gasteiger partial charge in [-0.25, -0.2) is 4.39 Å². The summed E-state index contributed by atoms with van der Waals surface area (Å²) in [6, 6.07) is 5.28. The van der Waals surface area contributed by atoms with Crippen molar-refractivity contribution in [2.24, 2.45) is 0 Å². The Morgan fingerprint density at radius 2 is 2.20 bits per heavy atom. The Morgan fingerprint density at radius 3 is 2.87 bits per heavy atom. The third-order valence-electron chi connectivity index (χ3n) is 2.16. The van der Waals surface area contributed by atoms with Gasteiger partial charge < -0.3 is 5.32 Å². The molecule has 0 radical (unpaired) electrons. The van der Waals surface area contributed by atoms with Gasteiger partial charge in [-0.05, 0) is 30.9 Å². The number of thioether (sulfide) groups is 1. The summed E-state index contributed by atoms with van der Waals surface area (Å²) in [5.41, 5.74) is 1.05. The van der Waals surface area contributed by atoms with E-state index in [2.05, 4.69) is 12.2 Å². The summed E-state index contributed by atoms with van der Waals surface area (Å²) in [6.07, 6.45) is 2.29. The minimum atomic E-state index is -0.0937. The monoisotopic (exact) mass is 227 g/mol. The second-order valence-corrected chi connectivity index (χ2v) is 4.57. The summed E-state index contributed by atoms with van der Waals surface area (Å²) in [6.45, 7) is 2.88. The fourth-order valence-electron chi connectivity index (χ4n) is 1.36. The normalized spacial score (nSPS) is 10.6. The van der Waals surface area contributed by atoms with Crippen LogP contribution in [0.3, 0.4) is 0 Å². The summed E-state index contributed by atoms with van der Waals surface area (Å²) in [4.78, 5) is 0.806. The molecule has 15 heavy (non-hydrogen) atoms. The zero-order chi connectivity index (χ0) is 11.1. The Hall–Kier alpha value is -0.540. The average Bonchev–Trinajstić information content (AvgIpc) is 2.23. The Kier molecular flexibility index (Phi) is 5.73. The molecular weight excluding hydrogens is 209 g/mol. The fraction of sp³-hybridized carbons (Fsp3) is 0.500. The minimum absolute atomic E-state index is 0.0937. The molecule has 0 atom stereocenters. The number of hydrogen-bond donors (Lipinski definition) is 1. The van der Waals surface area contributed by atoms with Crippen LogP contribution in [-0.2, 0) is 6.54 Å². The van der Waals surface area contributed by atoms with Gasteiger partial charge in [-0.15, -0.1) is 11.8 Å². The number of benzene rings is 1. The lowest BCUT2D eigenvalue weighted by Crippen LogP contribution is -2.07. The number of nitrogens with one attached hydrogen (secondary N) is 1. The number of unbranched alkanes of at least 4 members (excludes halogenated alkanes) is 1. The molecule has 0 aliphatic heterocycles. The van der Waals surface area contributed by atoms with Crippen LogP contribution in [0.25, 0.3) is 0 Å². The third kappa shape index (κ3) is 3.84. The number of halogens is 1. The fourth-order valence-corrected chi connectivity index (χ4v) is 2.53. The Bertz CT molecular complexity index is 302. The van der Waals surface area contributed by atoms with E-state index in [9.17, 15) is 4.39 Å². The topological polar surface area (TPSA) is 12.0 Å². The molecule has 1 N–H and O–H groups in total. The van der Waals surface area contributed by atoms with Gasteiger partial charge in [0.1, 0.15) is 5.82 Å². The maximum absolute atomic E-state index is 13.6. The molecule has 3 heteroatoms. The molecule has 0 spiro atoms. The molecule has 0 saturated heterocycles. The highest BCUT2D eigenvalue weighted by Crippen LogP contribution is 2.26. The van der Waals surface area contributed by atoms with Crippen LogP contribution in [0.2, 0.25) is 0 Å². The molecule has 0 aliphatic carbocycles. The first-order valence-electron chi connectivity index (χ1n) is 5.34.